The van der Waals surface area contributed by atoms with Crippen molar-refractivity contribution >= 4 is 35.5 Å². The molecule has 4 heterocycles. The van der Waals surface area contributed by atoms with Gasteiger partial charge < -0.3 is 19.1 Å². The fourth-order valence-corrected chi connectivity index (χ4v) is 10.0. The Kier molecular flexibility index (Phi) is 15.3. The quantitative estimate of drug-likeness (QED) is 0.0686. The molecule has 0 amide bonds. The molecule has 0 aliphatic carbocycles. The Balaban J connectivity index is 0.880. The van der Waals surface area contributed by atoms with Gasteiger partial charge in [-0.15, -0.1) is 10.1 Å². The summed E-state index contributed by atoms with van der Waals surface area (Å²) in [5.41, 5.74) is 6.83. The Bertz CT molecular complexity index is 2210. The maximum absolute atomic E-state index is 13.1. The molecule has 2 aliphatic rings. The van der Waals surface area contributed by atoms with Crippen molar-refractivity contribution in [3.8, 4) is 0 Å². The largest absolute Gasteiger partial charge is 0.374 e. The second-order valence-electron chi connectivity index (χ2n) is 14.9. The van der Waals surface area contributed by atoms with Crippen molar-refractivity contribution in [3.63, 3.8) is 0 Å². The van der Waals surface area contributed by atoms with E-state index in [1.165, 1.54) is 11.1 Å². The first-order valence-corrected chi connectivity index (χ1v) is 22.5. The molecule has 4 atom stereocenters. The third-order valence-corrected chi connectivity index (χ3v) is 13.3. The Morgan fingerprint density at radius 1 is 0.565 bits per heavy atom. The minimum atomic E-state index is -0.677. The number of benzene rings is 4. The van der Waals surface area contributed by atoms with Crippen molar-refractivity contribution in [2.45, 2.75) is 45.6 Å². The lowest BCUT2D eigenvalue weighted by molar-refractivity contribution is -0.212. The molecule has 0 N–H and O–H groups in total. The predicted molar refractivity (Wildman–Crippen MR) is 241 cm³/mol. The first kappa shape index (κ1) is 43.1. The molecule has 10 nitrogen and oxygen atoms in total. The molecule has 12 heteroatoms. The number of carbonyl (C=O) groups excluding carboxylic acids is 2. The Morgan fingerprint density at radius 3 is 1.35 bits per heavy atom. The van der Waals surface area contributed by atoms with E-state index in [4.69, 9.17) is 29.1 Å². The van der Waals surface area contributed by atoms with Gasteiger partial charge in [-0.1, -0.05) is 157 Å². The number of hydrogen-bond acceptors (Lipinski definition) is 12. The molecular weight excluding hydrogens is 817 g/mol. The lowest BCUT2D eigenvalue weighted by Gasteiger charge is -2.35. The standard InChI is InChI=1S/C50H48N4O6S2/c55-45(59-53-29-31-57-43(35-53)47(39-19-9-3-10-20-39)61-49-41(23-13-27-51-49)33-37-15-5-1-6-16-37)25-26-46(56)60-54-30-32-58-44(36-54)48(40-21-11-4-12-22-40)62-50-42(24-14-28-52-50)34-38-17-7-2-8-18-38/h1-28,43-44,47-48H,29-36H2/b26-25+/t43-,44-,47?,48?/m0/s1. The molecule has 2 unspecified atom stereocenters. The molecule has 62 heavy (non-hydrogen) atoms. The lowest BCUT2D eigenvalue weighted by atomic mass is 10.1. The monoisotopic (exact) mass is 864 g/mol. The second-order valence-corrected chi connectivity index (χ2v) is 17.2. The number of hydrogen-bond donors (Lipinski definition) is 0. The molecule has 2 aromatic heterocycles. The SMILES string of the molecule is O=C(/C=C/C(=O)ON1CCO[C@H](C(Sc2ncccc2Cc2ccccc2)c2ccccc2)C1)ON1CCO[C@H](C(Sc2ncccc2Cc2ccccc2)c2ccccc2)C1. The van der Waals surface area contributed by atoms with Crippen LogP contribution in [-0.4, -0.2) is 83.6 Å². The molecule has 2 fully saturated rings. The summed E-state index contributed by atoms with van der Waals surface area (Å²) in [6.07, 6.45) is 6.72. The molecular formula is C50H48N4O6S2. The summed E-state index contributed by atoms with van der Waals surface area (Å²) >= 11 is 3.30. The normalized spacial score (nSPS) is 18.2. The van der Waals surface area contributed by atoms with Crippen LogP contribution >= 0.6 is 23.5 Å². The van der Waals surface area contributed by atoms with Gasteiger partial charge in [0.15, 0.2) is 0 Å². The summed E-state index contributed by atoms with van der Waals surface area (Å²) in [5, 5.41) is 4.79. The van der Waals surface area contributed by atoms with Crippen molar-refractivity contribution in [1.29, 1.82) is 0 Å². The number of ether oxygens (including phenoxy) is 2. The van der Waals surface area contributed by atoms with Gasteiger partial charge in [0.1, 0.15) is 10.1 Å². The molecule has 0 bridgehead atoms. The Hall–Kier alpha value is -5.60. The average Bonchev–Trinajstić information content (AvgIpc) is 3.32. The van der Waals surface area contributed by atoms with Crippen LogP contribution in [0, 0.1) is 0 Å². The summed E-state index contributed by atoms with van der Waals surface area (Å²) in [7, 11) is 0. The summed E-state index contributed by atoms with van der Waals surface area (Å²) in [6.45, 7) is 2.16. The van der Waals surface area contributed by atoms with E-state index < -0.39 is 11.9 Å². The maximum Gasteiger partial charge on any atom is 0.349 e. The van der Waals surface area contributed by atoms with Gasteiger partial charge in [0.25, 0.3) is 0 Å². The van der Waals surface area contributed by atoms with Gasteiger partial charge in [-0.05, 0) is 45.5 Å². The summed E-state index contributed by atoms with van der Waals surface area (Å²) < 4.78 is 12.7. The van der Waals surface area contributed by atoms with Gasteiger partial charge in [0.05, 0.1) is 62.1 Å². The third-order valence-electron chi connectivity index (χ3n) is 10.5. The molecule has 4 aromatic carbocycles. The topological polar surface area (TPSA) is 103 Å². The number of rotatable bonds is 16. The number of hydroxylamine groups is 4. The van der Waals surface area contributed by atoms with Crippen LogP contribution in [0.5, 0.6) is 0 Å². The predicted octanol–water partition coefficient (Wildman–Crippen LogP) is 8.90. The fraction of sp³-hybridized carbons (Fsp3) is 0.240. The van der Waals surface area contributed by atoms with Gasteiger partial charge in [-0.2, -0.15) is 0 Å². The highest BCUT2D eigenvalue weighted by Gasteiger charge is 2.34. The number of nitrogens with zero attached hydrogens (tertiary/aromatic N) is 4. The molecule has 0 saturated carbocycles. The van der Waals surface area contributed by atoms with E-state index in [9.17, 15) is 9.59 Å². The average molecular weight is 865 g/mol. The number of aromatic nitrogens is 2. The van der Waals surface area contributed by atoms with Crippen LogP contribution in [0.15, 0.2) is 180 Å². The van der Waals surface area contributed by atoms with Crippen LogP contribution < -0.4 is 0 Å². The molecule has 0 spiro atoms. The fourth-order valence-electron chi connectivity index (χ4n) is 7.49. The number of morpholine rings is 2. The highest BCUT2D eigenvalue weighted by Crippen LogP contribution is 2.42. The van der Waals surface area contributed by atoms with Crippen molar-refractivity contribution in [2.24, 2.45) is 0 Å². The van der Waals surface area contributed by atoms with Crippen LogP contribution in [0.25, 0.3) is 0 Å². The van der Waals surface area contributed by atoms with E-state index in [1.54, 1.807) is 33.7 Å². The van der Waals surface area contributed by atoms with E-state index in [-0.39, 0.29) is 22.7 Å². The van der Waals surface area contributed by atoms with Crippen LogP contribution in [0.1, 0.15) is 43.9 Å². The first-order valence-electron chi connectivity index (χ1n) is 20.8. The summed E-state index contributed by atoms with van der Waals surface area (Å²) in [5.74, 6) is -1.35. The summed E-state index contributed by atoms with van der Waals surface area (Å²) in [4.78, 5) is 47.3. The lowest BCUT2D eigenvalue weighted by Crippen LogP contribution is -2.45. The minimum Gasteiger partial charge on any atom is -0.374 e. The van der Waals surface area contributed by atoms with E-state index in [2.05, 4.69) is 60.7 Å². The second kappa shape index (κ2) is 22.0. The van der Waals surface area contributed by atoms with E-state index in [0.717, 1.165) is 57.3 Å². The molecule has 2 aliphatic heterocycles. The van der Waals surface area contributed by atoms with Gasteiger partial charge in [0, 0.05) is 37.4 Å². The van der Waals surface area contributed by atoms with Crippen LogP contribution in [-0.2, 0) is 41.6 Å². The molecule has 8 rings (SSSR count). The smallest absolute Gasteiger partial charge is 0.349 e. The van der Waals surface area contributed by atoms with Crippen molar-refractivity contribution in [3.05, 3.63) is 204 Å². The number of carbonyl (C=O) groups is 2. The van der Waals surface area contributed by atoms with Gasteiger partial charge in [-0.3, -0.25) is 0 Å². The third kappa shape index (κ3) is 12.1. The summed E-state index contributed by atoms with van der Waals surface area (Å²) in [6, 6.07) is 49.2. The van der Waals surface area contributed by atoms with Gasteiger partial charge in [-0.25, -0.2) is 19.6 Å². The van der Waals surface area contributed by atoms with Crippen LogP contribution in [0.2, 0.25) is 0 Å². The van der Waals surface area contributed by atoms with Crippen LogP contribution in [0.4, 0.5) is 0 Å². The van der Waals surface area contributed by atoms with Crippen molar-refractivity contribution in [2.75, 3.05) is 39.4 Å². The first-order chi connectivity index (χ1) is 30.5. The van der Waals surface area contributed by atoms with E-state index in [1.807, 2.05) is 97.3 Å². The zero-order valence-corrected chi connectivity index (χ0v) is 35.8. The minimum absolute atomic E-state index is 0.134. The maximum atomic E-state index is 13.1. The molecule has 6 aromatic rings. The molecule has 316 valence electrons. The van der Waals surface area contributed by atoms with E-state index >= 15 is 0 Å². The zero-order valence-electron chi connectivity index (χ0n) is 34.2. The highest BCUT2D eigenvalue weighted by molar-refractivity contribution is 7.99. The van der Waals surface area contributed by atoms with Gasteiger partial charge in [0.2, 0.25) is 0 Å². The highest BCUT2D eigenvalue weighted by atomic mass is 32.2. The molecule has 2 saturated heterocycles. The number of thioether (sulfide) groups is 2. The zero-order chi connectivity index (χ0) is 42.4. The Labute approximate surface area is 371 Å². The van der Waals surface area contributed by atoms with Crippen molar-refractivity contribution in [1.82, 2.24) is 20.1 Å². The van der Waals surface area contributed by atoms with Crippen LogP contribution in [0.3, 0.4) is 0 Å². The van der Waals surface area contributed by atoms with Gasteiger partial charge >= 0.3 is 11.9 Å². The van der Waals surface area contributed by atoms with Crippen molar-refractivity contribution < 1.29 is 28.7 Å². The Morgan fingerprint density at radius 2 is 0.952 bits per heavy atom. The van der Waals surface area contributed by atoms with E-state index in [0.29, 0.717) is 39.4 Å². The molecule has 0 radical (unpaired) electrons. The number of pyridine rings is 2.